The first-order valence-electron chi connectivity index (χ1n) is 9.67. The topological polar surface area (TPSA) is 0 Å². The largest absolute Gasteiger partial charge is 0.206 e. The Kier molecular flexibility index (Phi) is 6.03. The molecular weight excluding hydrogens is 321 g/mol. The van der Waals surface area contributed by atoms with Crippen LogP contribution in [0.2, 0.25) is 0 Å². The van der Waals surface area contributed by atoms with E-state index < -0.39 is 17.5 Å². The molecule has 0 unspecified atom stereocenters. The fraction of sp³-hybridized carbons (Fsp3) is 0.545. The van der Waals surface area contributed by atoms with E-state index in [0.29, 0.717) is 11.3 Å². The maximum absolute atomic E-state index is 14.4. The first kappa shape index (κ1) is 18.3. The zero-order chi connectivity index (χ0) is 17.8. The fourth-order valence-corrected chi connectivity index (χ4v) is 4.25. The molecule has 0 aliphatic heterocycles. The molecule has 3 heteroatoms. The predicted octanol–water partition coefficient (Wildman–Crippen LogP) is 7.50. The Balaban J connectivity index is 1.66. The number of unbranched alkanes of at least 4 members (excludes halogenated alkanes) is 3. The Morgan fingerprint density at radius 3 is 2.36 bits per heavy atom. The van der Waals surface area contributed by atoms with Gasteiger partial charge in [0.05, 0.1) is 5.39 Å². The average molecular weight is 348 g/mol. The Morgan fingerprint density at radius 2 is 1.64 bits per heavy atom. The number of hydrogen-bond donors (Lipinski definition) is 0. The average Bonchev–Trinajstić information content (AvgIpc) is 2.62. The summed E-state index contributed by atoms with van der Waals surface area (Å²) in [6.07, 6.45) is 11.0. The highest BCUT2D eigenvalue weighted by atomic mass is 19.2. The first-order chi connectivity index (χ1) is 12.1. The van der Waals surface area contributed by atoms with Crippen LogP contribution in [0.5, 0.6) is 0 Å². The van der Waals surface area contributed by atoms with Crippen LogP contribution in [0, 0.1) is 23.4 Å². The highest BCUT2D eigenvalue weighted by Gasteiger charge is 2.23. The van der Waals surface area contributed by atoms with Crippen LogP contribution in [0.15, 0.2) is 24.3 Å². The number of halogens is 3. The van der Waals surface area contributed by atoms with Crippen LogP contribution in [-0.4, -0.2) is 0 Å². The summed E-state index contributed by atoms with van der Waals surface area (Å²) < 4.78 is 41.5. The molecule has 0 heterocycles. The van der Waals surface area contributed by atoms with Gasteiger partial charge >= 0.3 is 0 Å². The Labute approximate surface area is 148 Å². The summed E-state index contributed by atoms with van der Waals surface area (Å²) in [5.41, 5.74) is 0.931. The molecule has 0 saturated heterocycles. The Morgan fingerprint density at radius 1 is 0.880 bits per heavy atom. The van der Waals surface area contributed by atoms with E-state index in [1.165, 1.54) is 57.1 Å². The molecule has 1 fully saturated rings. The van der Waals surface area contributed by atoms with Gasteiger partial charge in [-0.25, -0.2) is 13.2 Å². The van der Waals surface area contributed by atoms with Gasteiger partial charge in [0.2, 0.25) is 0 Å². The predicted molar refractivity (Wildman–Crippen MR) is 97.3 cm³/mol. The van der Waals surface area contributed by atoms with Crippen molar-refractivity contribution in [1.82, 2.24) is 0 Å². The molecule has 0 spiro atoms. The van der Waals surface area contributed by atoms with Gasteiger partial charge in [-0.3, -0.25) is 0 Å². The van der Waals surface area contributed by atoms with Crippen molar-refractivity contribution in [2.75, 3.05) is 0 Å². The smallest absolute Gasteiger partial charge is 0.169 e. The van der Waals surface area contributed by atoms with E-state index >= 15 is 0 Å². The van der Waals surface area contributed by atoms with Crippen LogP contribution >= 0.6 is 0 Å². The van der Waals surface area contributed by atoms with Crippen molar-refractivity contribution in [3.8, 4) is 0 Å². The van der Waals surface area contributed by atoms with Crippen LogP contribution in [0.1, 0.15) is 76.2 Å². The second-order valence-corrected chi connectivity index (χ2v) is 7.53. The second-order valence-electron chi connectivity index (χ2n) is 7.53. The van der Waals surface area contributed by atoms with Gasteiger partial charge in [0.15, 0.2) is 11.6 Å². The molecule has 2 aromatic carbocycles. The van der Waals surface area contributed by atoms with Crippen molar-refractivity contribution in [2.45, 2.75) is 70.6 Å². The van der Waals surface area contributed by atoms with E-state index in [1.54, 1.807) is 0 Å². The lowest BCUT2D eigenvalue weighted by atomic mass is 9.76. The van der Waals surface area contributed by atoms with Crippen LogP contribution in [-0.2, 0) is 0 Å². The SMILES string of the molecule is CCCCCCC1CCC(c2cc(F)c3c(F)c(F)ccc3c2)CC1. The van der Waals surface area contributed by atoms with E-state index in [0.717, 1.165) is 30.4 Å². The summed E-state index contributed by atoms with van der Waals surface area (Å²) >= 11 is 0. The van der Waals surface area contributed by atoms with Gasteiger partial charge in [-0.05, 0) is 60.6 Å². The maximum Gasteiger partial charge on any atom is 0.169 e. The standard InChI is InChI=1S/C22H27F3/c1-2-3-4-5-6-15-7-9-16(10-8-15)18-13-17-11-12-19(23)22(25)21(17)20(24)14-18/h11-16H,2-10H2,1H3. The van der Waals surface area contributed by atoms with Crippen LogP contribution in [0.25, 0.3) is 10.8 Å². The van der Waals surface area contributed by atoms with Gasteiger partial charge in [0.25, 0.3) is 0 Å². The van der Waals surface area contributed by atoms with Crippen LogP contribution < -0.4 is 0 Å². The summed E-state index contributed by atoms with van der Waals surface area (Å²) in [6, 6.07) is 5.80. The minimum atomic E-state index is -1.09. The number of hydrogen-bond acceptors (Lipinski definition) is 0. The molecule has 0 amide bonds. The first-order valence-corrected chi connectivity index (χ1v) is 9.67. The molecule has 0 aromatic heterocycles. The monoisotopic (exact) mass is 348 g/mol. The van der Waals surface area contributed by atoms with Crippen molar-refractivity contribution >= 4 is 10.8 Å². The third kappa shape index (κ3) is 4.19. The Hall–Kier alpha value is -1.51. The molecule has 1 saturated carbocycles. The van der Waals surface area contributed by atoms with Gasteiger partial charge < -0.3 is 0 Å². The highest BCUT2D eigenvalue weighted by molar-refractivity contribution is 5.84. The summed E-state index contributed by atoms with van der Waals surface area (Å²) in [6.45, 7) is 2.23. The van der Waals surface area contributed by atoms with Gasteiger partial charge in [0, 0.05) is 0 Å². The van der Waals surface area contributed by atoms with Crippen LogP contribution in [0.4, 0.5) is 13.2 Å². The van der Waals surface area contributed by atoms with Crippen molar-refractivity contribution in [1.29, 1.82) is 0 Å². The van der Waals surface area contributed by atoms with Crippen molar-refractivity contribution in [2.24, 2.45) is 5.92 Å². The summed E-state index contributed by atoms with van der Waals surface area (Å²) in [5.74, 6) is -1.60. The minimum Gasteiger partial charge on any atom is -0.206 e. The number of rotatable bonds is 6. The van der Waals surface area contributed by atoms with E-state index in [9.17, 15) is 13.2 Å². The third-order valence-corrected chi connectivity index (χ3v) is 5.77. The van der Waals surface area contributed by atoms with Gasteiger partial charge in [0.1, 0.15) is 5.82 Å². The Bertz CT molecular complexity index is 715. The van der Waals surface area contributed by atoms with E-state index in [-0.39, 0.29) is 5.39 Å². The molecule has 1 aliphatic carbocycles. The van der Waals surface area contributed by atoms with Gasteiger partial charge in [-0.15, -0.1) is 0 Å². The molecule has 0 nitrogen and oxygen atoms in total. The summed E-state index contributed by atoms with van der Waals surface area (Å²) in [4.78, 5) is 0. The number of benzene rings is 2. The lowest BCUT2D eigenvalue weighted by Gasteiger charge is -2.29. The molecule has 3 rings (SSSR count). The summed E-state index contributed by atoms with van der Waals surface area (Å²) in [5, 5.41) is 0.226. The van der Waals surface area contributed by atoms with E-state index in [4.69, 9.17) is 0 Å². The molecule has 25 heavy (non-hydrogen) atoms. The molecule has 136 valence electrons. The lowest BCUT2D eigenvalue weighted by molar-refractivity contribution is 0.302. The highest BCUT2D eigenvalue weighted by Crippen LogP contribution is 2.39. The molecule has 0 atom stereocenters. The summed E-state index contributed by atoms with van der Waals surface area (Å²) in [7, 11) is 0. The molecular formula is C22H27F3. The third-order valence-electron chi connectivity index (χ3n) is 5.77. The number of fused-ring (bicyclic) bond motifs is 1. The maximum atomic E-state index is 14.4. The molecule has 2 aromatic rings. The normalized spacial score (nSPS) is 21.0. The molecule has 0 bridgehead atoms. The molecule has 1 aliphatic rings. The van der Waals surface area contributed by atoms with Crippen molar-refractivity contribution in [3.05, 3.63) is 47.3 Å². The quantitative estimate of drug-likeness (QED) is 0.474. The fourth-order valence-electron chi connectivity index (χ4n) is 4.25. The van der Waals surface area contributed by atoms with Crippen molar-refractivity contribution < 1.29 is 13.2 Å². The van der Waals surface area contributed by atoms with Gasteiger partial charge in [-0.1, -0.05) is 51.2 Å². The van der Waals surface area contributed by atoms with E-state index in [1.807, 2.05) is 6.07 Å². The zero-order valence-corrected chi connectivity index (χ0v) is 15.0. The van der Waals surface area contributed by atoms with Crippen molar-refractivity contribution in [3.63, 3.8) is 0 Å². The molecule has 0 N–H and O–H groups in total. The zero-order valence-electron chi connectivity index (χ0n) is 15.0. The van der Waals surface area contributed by atoms with Gasteiger partial charge in [-0.2, -0.15) is 0 Å². The minimum absolute atomic E-state index is 0.228. The van der Waals surface area contributed by atoms with Crippen LogP contribution in [0.3, 0.4) is 0 Å². The molecule has 0 radical (unpaired) electrons. The second kappa shape index (κ2) is 8.25. The van der Waals surface area contributed by atoms with E-state index in [2.05, 4.69) is 6.92 Å². The lowest BCUT2D eigenvalue weighted by Crippen LogP contribution is -2.13.